The van der Waals surface area contributed by atoms with E-state index in [1.54, 1.807) is 18.2 Å². The third kappa shape index (κ3) is 3.60. The van der Waals surface area contributed by atoms with Crippen molar-refractivity contribution in [1.29, 1.82) is 0 Å². The van der Waals surface area contributed by atoms with E-state index in [2.05, 4.69) is 5.32 Å². The molecule has 0 radical (unpaired) electrons. The topological polar surface area (TPSA) is 58.6 Å². The fourth-order valence-corrected chi connectivity index (χ4v) is 1.52. The summed E-state index contributed by atoms with van der Waals surface area (Å²) < 4.78 is 5.05. The molecule has 0 fully saturated rings. The number of aromatic carboxylic acids is 1. The van der Waals surface area contributed by atoms with E-state index in [4.69, 9.17) is 9.84 Å². The highest BCUT2D eigenvalue weighted by molar-refractivity contribution is 5.95. The number of rotatable bonds is 6. The first-order chi connectivity index (χ1) is 8.20. The molecule has 17 heavy (non-hydrogen) atoms. The second-order valence-electron chi connectivity index (χ2n) is 3.52. The van der Waals surface area contributed by atoms with E-state index in [1.807, 2.05) is 19.2 Å². The lowest BCUT2D eigenvalue weighted by Gasteiger charge is -2.07. The number of methoxy groups -OCH3 is 1. The molecule has 2 N–H and O–H groups in total. The molecule has 0 aliphatic heterocycles. The Morgan fingerprint density at radius 2 is 2.29 bits per heavy atom. The molecule has 0 unspecified atom stereocenters. The van der Waals surface area contributed by atoms with Crippen molar-refractivity contribution < 1.29 is 14.6 Å². The number of hydrogen-bond donors (Lipinski definition) is 2. The summed E-state index contributed by atoms with van der Waals surface area (Å²) in [6.07, 6.45) is 4.60. The molecule has 92 valence electrons. The Hall–Kier alpha value is -1.81. The van der Waals surface area contributed by atoms with E-state index in [-0.39, 0.29) is 5.56 Å². The van der Waals surface area contributed by atoms with Crippen LogP contribution >= 0.6 is 0 Å². The maximum atomic E-state index is 11.2. The van der Waals surface area contributed by atoms with Crippen LogP contribution < -0.4 is 10.1 Å². The first-order valence-corrected chi connectivity index (χ1v) is 5.42. The maximum absolute atomic E-state index is 11.2. The molecule has 0 saturated heterocycles. The molecule has 0 spiro atoms. The molecule has 0 amide bonds. The van der Waals surface area contributed by atoms with Crippen molar-refractivity contribution in [2.75, 3.05) is 20.7 Å². The summed E-state index contributed by atoms with van der Waals surface area (Å²) in [4.78, 5) is 11.2. The Bertz CT molecular complexity index is 413. The summed E-state index contributed by atoms with van der Waals surface area (Å²) in [5.41, 5.74) is 0.865. The lowest BCUT2D eigenvalue weighted by molar-refractivity contribution is 0.0693. The molecule has 0 saturated carbocycles. The zero-order chi connectivity index (χ0) is 12.7. The van der Waals surface area contributed by atoms with Gasteiger partial charge in [-0.25, -0.2) is 4.79 Å². The lowest BCUT2D eigenvalue weighted by Crippen LogP contribution is -2.06. The fourth-order valence-electron chi connectivity index (χ4n) is 1.52. The van der Waals surface area contributed by atoms with Gasteiger partial charge in [0.1, 0.15) is 11.3 Å². The summed E-state index contributed by atoms with van der Waals surface area (Å²) in [7, 11) is 3.35. The molecule has 0 aromatic heterocycles. The Morgan fingerprint density at radius 1 is 1.53 bits per heavy atom. The van der Waals surface area contributed by atoms with Crippen LogP contribution in [0.15, 0.2) is 24.3 Å². The van der Waals surface area contributed by atoms with Crippen molar-refractivity contribution in [3.63, 3.8) is 0 Å². The molecule has 4 nitrogen and oxygen atoms in total. The van der Waals surface area contributed by atoms with E-state index in [1.165, 1.54) is 7.11 Å². The van der Waals surface area contributed by atoms with Crippen LogP contribution in [-0.2, 0) is 0 Å². The second kappa shape index (κ2) is 6.70. The SMILES string of the molecule is CNCCC=Cc1cccc(OC)c1C(=O)O. The molecular formula is C13H17NO3. The van der Waals surface area contributed by atoms with Gasteiger partial charge in [0, 0.05) is 0 Å². The van der Waals surface area contributed by atoms with Gasteiger partial charge in [0.2, 0.25) is 0 Å². The van der Waals surface area contributed by atoms with E-state index < -0.39 is 5.97 Å². The minimum Gasteiger partial charge on any atom is -0.496 e. The molecule has 1 rings (SSSR count). The van der Waals surface area contributed by atoms with Crippen molar-refractivity contribution in [3.8, 4) is 5.75 Å². The lowest BCUT2D eigenvalue weighted by atomic mass is 10.1. The van der Waals surface area contributed by atoms with Crippen LogP contribution in [0.5, 0.6) is 5.75 Å². The minimum absolute atomic E-state index is 0.204. The highest BCUT2D eigenvalue weighted by atomic mass is 16.5. The molecule has 1 aromatic rings. The van der Waals surface area contributed by atoms with Crippen LogP contribution in [0, 0.1) is 0 Å². The van der Waals surface area contributed by atoms with Gasteiger partial charge in [0.05, 0.1) is 7.11 Å². The van der Waals surface area contributed by atoms with Crippen LogP contribution in [0.3, 0.4) is 0 Å². The Kier molecular flexibility index (Phi) is 5.23. The number of carboxylic acids is 1. The van der Waals surface area contributed by atoms with Crippen molar-refractivity contribution in [1.82, 2.24) is 5.32 Å². The predicted molar refractivity (Wildman–Crippen MR) is 67.5 cm³/mol. The first-order valence-electron chi connectivity index (χ1n) is 5.42. The van der Waals surface area contributed by atoms with Gasteiger partial charge in [-0.3, -0.25) is 0 Å². The van der Waals surface area contributed by atoms with Crippen LogP contribution in [0.1, 0.15) is 22.3 Å². The summed E-state index contributed by atoms with van der Waals surface area (Å²) in [6, 6.07) is 5.19. The van der Waals surface area contributed by atoms with Crippen LogP contribution in [0.4, 0.5) is 0 Å². The average molecular weight is 235 g/mol. The summed E-state index contributed by atoms with van der Waals surface area (Å²) in [5.74, 6) is -0.594. The summed E-state index contributed by atoms with van der Waals surface area (Å²) in [5, 5.41) is 12.2. The zero-order valence-corrected chi connectivity index (χ0v) is 10.1. The van der Waals surface area contributed by atoms with Gasteiger partial charge < -0.3 is 15.2 Å². The highest BCUT2D eigenvalue weighted by Crippen LogP contribution is 2.23. The zero-order valence-electron chi connectivity index (χ0n) is 10.1. The number of ether oxygens (including phenoxy) is 1. The van der Waals surface area contributed by atoms with Gasteiger partial charge in [-0.2, -0.15) is 0 Å². The average Bonchev–Trinajstić information content (AvgIpc) is 2.33. The normalized spacial score (nSPS) is 10.7. The highest BCUT2D eigenvalue weighted by Gasteiger charge is 2.13. The maximum Gasteiger partial charge on any atom is 0.340 e. The van der Waals surface area contributed by atoms with Gasteiger partial charge in [-0.05, 0) is 31.6 Å². The fraction of sp³-hybridized carbons (Fsp3) is 0.308. The van der Waals surface area contributed by atoms with Crippen molar-refractivity contribution in [2.45, 2.75) is 6.42 Å². The molecule has 0 heterocycles. The monoisotopic (exact) mass is 235 g/mol. The van der Waals surface area contributed by atoms with Crippen molar-refractivity contribution in [2.24, 2.45) is 0 Å². The molecule has 1 aromatic carbocycles. The number of hydrogen-bond acceptors (Lipinski definition) is 3. The van der Waals surface area contributed by atoms with Crippen molar-refractivity contribution >= 4 is 12.0 Å². The number of benzene rings is 1. The largest absolute Gasteiger partial charge is 0.496 e. The molecule has 4 heteroatoms. The first kappa shape index (κ1) is 13.3. The Morgan fingerprint density at radius 3 is 2.88 bits per heavy atom. The number of carboxylic acid groups (broad SMARTS) is 1. The third-order valence-corrected chi connectivity index (χ3v) is 2.35. The van der Waals surface area contributed by atoms with Crippen LogP contribution in [0.2, 0.25) is 0 Å². The summed E-state index contributed by atoms with van der Waals surface area (Å²) >= 11 is 0. The number of carbonyl (C=O) groups is 1. The van der Waals surface area contributed by atoms with E-state index in [0.717, 1.165) is 13.0 Å². The predicted octanol–water partition coefficient (Wildman–Crippen LogP) is 2.02. The van der Waals surface area contributed by atoms with Gasteiger partial charge in [0.15, 0.2) is 0 Å². The Balaban J connectivity index is 2.98. The van der Waals surface area contributed by atoms with E-state index in [0.29, 0.717) is 11.3 Å². The standard InChI is InChI=1S/C13H17NO3/c1-14-9-4-3-6-10-7-5-8-11(17-2)12(10)13(15)16/h3,5-8,14H,4,9H2,1-2H3,(H,15,16). The molecule has 0 bridgehead atoms. The second-order valence-corrected chi connectivity index (χ2v) is 3.52. The van der Waals surface area contributed by atoms with Crippen molar-refractivity contribution in [3.05, 3.63) is 35.4 Å². The van der Waals surface area contributed by atoms with E-state index >= 15 is 0 Å². The van der Waals surface area contributed by atoms with Gasteiger partial charge in [0.25, 0.3) is 0 Å². The molecule has 0 atom stereocenters. The third-order valence-electron chi connectivity index (χ3n) is 2.35. The number of nitrogens with one attached hydrogen (secondary N) is 1. The van der Waals surface area contributed by atoms with E-state index in [9.17, 15) is 4.79 Å². The minimum atomic E-state index is -0.976. The molecular weight excluding hydrogens is 218 g/mol. The molecule has 0 aliphatic rings. The van der Waals surface area contributed by atoms with Gasteiger partial charge in [-0.15, -0.1) is 0 Å². The van der Waals surface area contributed by atoms with Crippen LogP contribution in [0.25, 0.3) is 6.08 Å². The Labute approximate surface area is 101 Å². The van der Waals surface area contributed by atoms with Crippen LogP contribution in [-0.4, -0.2) is 31.8 Å². The van der Waals surface area contributed by atoms with Gasteiger partial charge in [-0.1, -0.05) is 24.3 Å². The summed E-state index contributed by atoms with van der Waals surface area (Å²) in [6.45, 7) is 0.864. The molecule has 0 aliphatic carbocycles. The quantitative estimate of drug-likeness (QED) is 0.740. The van der Waals surface area contributed by atoms with Gasteiger partial charge >= 0.3 is 5.97 Å². The smallest absolute Gasteiger partial charge is 0.340 e.